The van der Waals surface area contributed by atoms with Gasteiger partial charge in [0.2, 0.25) is 5.88 Å². The normalized spacial score (nSPS) is 11.4. The third-order valence-electron chi connectivity index (χ3n) is 2.76. The molecule has 0 fully saturated rings. The van der Waals surface area contributed by atoms with E-state index in [1.54, 1.807) is 19.1 Å². The van der Waals surface area contributed by atoms with E-state index < -0.39 is 11.7 Å². The SMILES string of the molecule is Cc1ccc(CN)cc1Oc1cc(C(F)(F)F)ccn1. The van der Waals surface area contributed by atoms with Gasteiger partial charge in [0.25, 0.3) is 0 Å². The summed E-state index contributed by atoms with van der Waals surface area (Å²) >= 11 is 0. The van der Waals surface area contributed by atoms with Gasteiger partial charge in [0, 0.05) is 18.8 Å². The number of hydrogen-bond donors (Lipinski definition) is 1. The number of hydrogen-bond acceptors (Lipinski definition) is 3. The second kappa shape index (κ2) is 5.50. The van der Waals surface area contributed by atoms with E-state index in [4.69, 9.17) is 10.5 Å². The number of pyridine rings is 1. The molecule has 0 spiro atoms. The second-order valence-electron chi connectivity index (χ2n) is 4.29. The van der Waals surface area contributed by atoms with Gasteiger partial charge in [-0.2, -0.15) is 13.2 Å². The summed E-state index contributed by atoms with van der Waals surface area (Å²) in [6, 6.07) is 7.09. The smallest absolute Gasteiger partial charge is 0.416 e. The van der Waals surface area contributed by atoms with Crippen molar-refractivity contribution in [1.29, 1.82) is 0 Å². The minimum Gasteiger partial charge on any atom is -0.439 e. The van der Waals surface area contributed by atoms with E-state index in [1.807, 2.05) is 6.07 Å². The lowest BCUT2D eigenvalue weighted by atomic mass is 10.1. The Bertz CT molecular complexity index is 612. The quantitative estimate of drug-likeness (QED) is 0.934. The molecule has 6 heteroatoms. The van der Waals surface area contributed by atoms with Gasteiger partial charge in [-0.1, -0.05) is 12.1 Å². The van der Waals surface area contributed by atoms with Crippen LogP contribution in [0.4, 0.5) is 13.2 Å². The van der Waals surface area contributed by atoms with Crippen molar-refractivity contribution in [2.45, 2.75) is 19.6 Å². The Labute approximate surface area is 114 Å². The highest BCUT2D eigenvalue weighted by Crippen LogP contribution is 2.32. The highest BCUT2D eigenvalue weighted by Gasteiger charge is 2.31. The first-order valence-corrected chi connectivity index (χ1v) is 5.91. The van der Waals surface area contributed by atoms with Crippen LogP contribution in [0, 0.1) is 6.92 Å². The van der Waals surface area contributed by atoms with Crippen LogP contribution >= 0.6 is 0 Å². The monoisotopic (exact) mass is 282 g/mol. The molecule has 2 aromatic rings. The first-order chi connectivity index (χ1) is 9.40. The lowest BCUT2D eigenvalue weighted by Gasteiger charge is -2.11. The summed E-state index contributed by atoms with van der Waals surface area (Å²) in [4.78, 5) is 3.79. The molecule has 2 rings (SSSR count). The molecule has 0 amide bonds. The van der Waals surface area contributed by atoms with Crippen molar-refractivity contribution in [3.8, 4) is 11.6 Å². The lowest BCUT2D eigenvalue weighted by molar-refractivity contribution is -0.137. The van der Waals surface area contributed by atoms with Gasteiger partial charge in [-0.25, -0.2) is 4.98 Å². The molecule has 1 heterocycles. The van der Waals surface area contributed by atoms with Crippen LogP contribution < -0.4 is 10.5 Å². The van der Waals surface area contributed by atoms with Crippen LogP contribution in [0.25, 0.3) is 0 Å². The Morgan fingerprint density at radius 1 is 1.20 bits per heavy atom. The summed E-state index contributed by atoms with van der Waals surface area (Å²) in [6.45, 7) is 2.12. The van der Waals surface area contributed by atoms with Crippen LogP contribution in [0.5, 0.6) is 11.6 Å². The fraction of sp³-hybridized carbons (Fsp3) is 0.214. The summed E-state index contributed by atoms with van der Waals surface area (Å²) in [5.41, 5.74) is 6.35. The Hall–Kier alpha value is -2.08. The molecule has 0 atom stereocenters. The predicted octanol–water partition coefficient (Wildman–Crippen LogP) is 3.66. The highest BCUT2D eigenvalue weighted by atomic mass is 19.4. The van der Waals surface area contributed by atoms with Crippen molar-refractivity contribution in [2.24, 2.45) is 5.73 Å². The maximum Gasteiger partial charge on any atom is 0.416 e. The summed E-state index contributed by atoms with van der Waals surface area (Å²) in [5, 5.41) is 0. The van der Waals surface area contributed by atoms with Crippen molar-refractivity contribution < 1.29 is 17.9 Å². The summed E-state index contributed by atoms with van der Waals surface area (Å²) in [7, 11) is 0. The van der Waals surface area contributed by atoms with E-state index >= 15 is 0 Å². The summed E-state index contributed by atoms with van der Waals surface area (Å²) in [6.07, 6.45) is -3.35. The zero-order valence-electron chi connectivity index (χ0n) is 10.7. The average molecular weight is 282 g/mol. The maximum atomic E-state index is 12.6. The molecular formula is C14H13F3N2O. The van der Waals surface area contributed by atoms with E-state index in [1.165, 1.54) is 0 Å². The third-order valence-corrected chi connectivity index (χ3v) is 2.76. The Morgan fingerprint density at radius 3 is 2.60 bits per heavy atom. The van der Waals surface area contributed by atoms with Gasteiger partial charge < -0.3 is 10.5 Å². The molecule has 0 saturated carbocycles. The first kappa shape index (κ1) is 14.3. The summed E-state index contributed by atoms with van der Waals surface area (Å²) in [5.74, 6) is 0.344. The number of alkyl halides is 3. The van der Waals surface area contributed by atoms with Gasteiger partial charge in [-0.3, -0.25) is 0 Å². The molecule has 2 N–H and O–H groups in total. The number of nitrogens with two attached hydrogens (primary N) is 1. The molecule has 0 aliphatic heterocycles. The number of aromatic nitrogens is 1. The van der Waals surface area contributed by atoms with Crippen LogP contribution in [0.2, 0.25) is 0 Å². The van der Waals surface area contributed by atoms with Crippen LogP contribution in [0.3, 0.4) is 0 Å². The van der Waals surface area contributed by atoms with Gasteiger partial charge >= 0.3 is 6.18 Å². The Morgan fingerprint density at radius 2 is 1.95 bits per heavy atom. The molecule has 1 aromatic heterocycles. The zero-order valence-corrected chi connectivity index (χ0v) is 10.7. The van der Waals surface area contributed by atoms with Gasteiger partial charge in [0.1, 0.15) is 5.75 Å². The van der Waals surface area contributed by atoms with Gasteiger partial charge in [0.15, 0.2) is 0 Å². The predicted molar refractivity (Wildman–Crippen MR) is 68.4 cm³/mol. The van der Waals surface area contributed by atoms with Gasteiger partial charge in [-0.15, -0.1) is 0 Å². The number of rotatable bonds is 3. The third kappa shape index (κ3) is 3.27. The fourth-order valence-corrected chi connectivity index (χ4v) is 1.64. The largest absolute Gasteiger partial charge is 0.439 e. The van der Waals surface area contributed by atoms with Gasteiger partial charge in [0.05, 0.1) is 5.56 Å². The molecule has 1 aromatic carbocycles. The fourth-order valence-electron chi connectivity index (χ4n) is 1.64. The molecule has 0 aliphatic rings. The van der Waals surface area contributed by atoms with Crippen LogP contribution in [0.15, 0.2) is 36.5 Å². The molecule has 0 bridgehead atoms. The van der Waals surface area contributed by atoms with Crippen molar-refractivity contribution >= 4 is 0 Å². The molecule has 3 nitrogen and oxygen atoms in total. The number of halogens is 3. The molecular weight excluding hydrogens is 269 g/mol. The van der Waals surface area contributed by atoms with Crippen LogP contribution in [-0.2, 0) is 12.7 Å². The molecule has 0 saturated heterocycles. The van der Waals surface area contributed by atoms with Crippen molar-refractivity contribution in [2.75, 3.05) is 0 Å². The maximum absolute atomic E-state index is 12.6. The van der Waals surface area contributed by atoms with E-state index in [9.17, 15) is 13.2 Å². The minimum atomic E-state index is -4.42. The number of benzene rings is 1. The van der Waals surface area contributed by atoms with Crippen LogP contribution in [-0.4, -0.2) is 4.98 Å². The molecule has 0 radical (unpaired) electrons. The van der Waals surface area contributed by atoms with Gasteiger partial charge in [-0.05, 0) is 30.2 Å². The van der Waals surface area contributed by atoms with E-state index in [0.29, 0.717) is 12.3 Å². The van der Waals surface area contributed by atoms with Crippen molar-refractivity contribution in [3.63, 3.8) is 0 Å². The van der Waals surface area contributed by atoms with Crippen LogP contribution in [0.1, 0.15) is 16.7 Å². The lowest BCUT2D eigenvalue weighted by Crippen LogP contribution is -2.05. The van der Waals surface area contributed by atoms with Crippen molar-refractivity contribution in [1.82, 2.24) is 4.98 Å². The first-order valence-electron chi connectivity index (χ1n) is 5.91. The molecule has 20 heavy (non-hydrogen) atoms. The Kier molecular flexibility index (Phi) is 3.94. The standard InChI is InChI=1S/C14H13F3N2O/c1-9-2-3-10(8-18)6-12(9)20-13-7-11(4-5-19-13)14(15,16)17/h2-7H,8,18H2,1H3. The second-order valence-corrected chi connectivity index (χ2v) is 4.29. The number of nitrogens with zero attached hydrogens (tertiary/aromatic N) is 1. The topological polar surface area (TPSA) is 48.1 Å². The zero-order chi connectivity index (χ0) is 14.8. The number of ether oxygens (including phenoxy) is 1. The Balaban J connectivity index is 2.30. The summed E-state index contributed by atoms with van der Waals surface area (Å²) < 4.78 is 43.2. The molecule has 0 aliphatic carbocycles. The average Bonchev–Trinajstić information content (AvgIpc) is 2.41. The van der Waals surface area contributed by atoms with Crippen molar-refractivity contribution in [3.05, 3.63) is 53.2 Å². The van der Waals surface area contributed by atoms with E-state index in [-0.39, 0.29) is 5.88 Å². The highest BCUT2D eigenvalue weighted by molar-refractivity contribution is 5.39. The van der Waals surface area contributed by atoms with E-state index in [2.05, 4.69) is 4.98 Å². The molecule has 106 valence electrons. The minimum absolute atomic E-state index is 0.0999. The number of aryl methyl sites for hydroxylation is 1. The van der Waals surface area contributed by atoms with E-state index in [0.717, 1.165) is 29.5 Å². The molecule has 0 unspecified atom stereocenters.